The molecule has 3 aliphatic rings. The minimum Gasteiger partial charge on any atom is -0.446 e. The summed E-state index contributed by atoms with van der Waals surface area (Å²) in [6.07, 6.45) is -6.21. The second kappa shape index (κ2) is 5.98. The number of carbonyl (C=O) groups excluding carboxylic acids is 2. The lowest BCUT2D eigenvalue weighted by Crippen LogP contribution is -2.82. The summed E-state index contributed by atoms with van der Waals surface area (Å²) in [7, 11) is 0. The molecule has 1 aromatic rings. The van der Waals surface area contributed by atoms with Crippen LogP contribution in [0.15, 0.2) is 18.2 Å². The zero-order valence-corrected chi connectivity index (χ0v) is 13.8. The molecular weight excluding hydrogens is 384 g/mol. The maximum Gasteiger partial charge on any atom is 0.491 e. The molecule has 11 heteroatoms. The zero-order valence-electron chi connectivity index (χ0n) is 13.0. The first-order chi connectivity index (χ1) is 11.9. The molecule has 2 bridgehead atoms. The van der Waals surface area contributed by atoms with E-state index in [-0.39, 0.29) is 16.3 Å². The molecule has 0 heterocycles. The highest BCUT2D eigenvalue weighted by atomic mass is 35.5. The normalized spacial score (nSPS) is 27.6. The molecule has 1 aromatic carbocycles. The third-order valence-electron chi connectivity index (χ3n) is 4.25. The number of nitrogens with two attached hydrogens (primary N) is 1. The predicted molar refractivity (Wildman–Crippen MR) is 79.6 cm³/mol. The van der Waals surface area contributed by atoms with Crippen LogP contribution in [0.3, 0.4) is 0 Å². The lowest BCUT2D eigenvalue weighted by atomic mass is 9.44. The van der Waals surface area contributed by atoms with Gasteiger partial charge in [0.05, 0.1) is 5.02 Å². The molecule has 3 fully saturated rings. The average molecular weight is 397 g/mol. The summed E-state index contributed by atoms with van der Waals surface area (Å²) in [6, 6.07) is 2.94. The molecule has 3 aliphatic carbocycles. The van der Waals surface area contributed by atoms with E-state index in [1.54, 1.807) is 0 Å². The van der Waals surface area contributed by atoms with Crippen molar-refractivity contribution >= 4 is 23.5 Å². The maximum absolute atomic E-state index is 13.5. The molecule has 0 spiro atoms. The highest BCUT2D eigenvalue weighted by Gasteiger charge is 2.67. The van der Waals surface area contributed by atoms with Crippen molar-refractivity contribution < 1.29 is 36.6 Å². The maximum atomic E-state index is 13.5. The summed E-state index contributed by atoms with van der Waals surface area (Å²) >= 11 is 5.50. The summed E-state index contributed by atoms with van der Waals surface area (Å²) < 4.78 is 59.9. The van der Waals surface area contributed by atoms with Gasteiger partial charge in [-0.2, -0.15) is 13.2 Å². The second-order valence-electron chi connectivity index (χ2n) is 6.59. The summed E-state index contributed by atoms with van der Waals surface area (Å²) in [5.74, 6) is -4.97. The van der Waals surface area contributed by atoms with Crippen molar-refractivity contribution in [2.24, 2.45) is 5.73 Å². The van der Waals surface area contributed by atoms with Crippen LogP contribution in [0.5, 0.6) is 5.75 Å². The fraction of sp³-hybridized carbons (Fsp3) is 0.467. The predicted octanol–water partition coefficient (Wildman–Crippen LogP) is 2.04. The number of halogens is 5. The Hall–Kier alpha value is -2.07. The van der Waals surface area contributed by atoms with E-state index in [0.717, 1.165) is 18.2 Å². The van der Waals surface area contributed by atoms with E-state index < -0.39 is 35.7 Å². The number of esters is 1. The highest BCUT2D eigenvalue weighted by molar-refractivity contribution is 6.30. The average Bonchev–Trinajstić information content (AvgIpc) is 2.46. The van der Waals surface area contributed by atoms with Gasteiger partial charge in [-0.1, -0.05) is 11.6 Å². The van der Waals surface area contributed by atoms with Gasteiger partial charge in [-0.25, -0.2) is 9.18 Å². The molecule has 0 aromatic heterocycles. The van der Waals surface area contributed by atoms with Gasteiger partial charge in [-0.15, -0.1) is 0 Å². The Morgan fingerprint density at radius 1 is 1.27 bits per heavy atom. The van der Waals surface area contributed by atoms with Crippen LogP contribution >= 0.6 is 11.6 Å². The monoisotopic (exact) mass is 396 g/mol. The van der Waals surface area contributed by atoms with E-state index in [0.29, 0.717) is 19.3 Å². The molecule has 1 unspecified atom stereocenters. The Morgan fingerprint density at radius 2 is 1.88 bits per heavy atom. The Bertz CT molecular complexity index is 751. The van der Waals surface area contributed by atoms with E-state index in [4.69, 9.17) is 22.1 Å². The van der Waals surface area contributed by atoms with Crippen molar-refractivity contribution in [3.63, 3.8) is 0 Å². The van der Waals surface area contributed by atoms with Crippen LogP contribution in [0.2, 0.25) is 5.02 Å². The lowest BCUT2D eigenvalue weighted by molar-refractivity contribution is -0.217. The standard InChI is InChI=1S/C15H13ClF4N2O4/c16-8-2-1-7(3-9(8)17)25-11(26-12(24)15(18,19)20)10(23)22-14-4-13(21,5-14)6-14/h1-3,11H,4-6,21H2,(H,22,23). The van der Waals surface area contributed by atoms with Crippen LogP contribution < -0.4 is 15.8 Å². The van der Waals surface area contributed by atoms with Crippen molar-refractivity contribution in [1.82, 2.24) is 5.32 Å². The van der Waals surface area contributed by atoms with E-state index in [9.17, 15) is 27.2 Å². The number of hydrogen-bond acceptors (Lipinski definition) is 5. The van der Waals surface area contributed by atoms with Gasteiger partial charge in [-0.05, 0) is 31.4 Å². The number of amides is 1. The van der Waals surface area contributed by atoms with Crippen LogP contribution in [-0.4, -0.2) is 35.4 Å². The third-order valence-corrected chi connectivity index (χ3v) is 4.56. The molecule has 0 aliphatic heterocycles. The van der Waals surface area contributed by atoms with E-state index in [1.807, 2.05) is 0 Å². The zero-order chi connectivity index (χ0) is 19.3. The molecule has 0 saturated heterocycles. The van der Waals surface area contributed by atoms with Crippen LogP contribution in [-0.2, 0) is 14.3 Å². The van der Waals surface area contributed by atoms with Crippen LogP contribution in [0.1, 0.15) is 19.3 Å². The summed E-state index contributed by atoms with van der Waals surface area (Å²) in [5.41, 5.74) is 4.84. The van der Waals surface area contributed by atoms with E-state index in [2.05, 4.69) is 10.1 Å². The quantitative estimate of drug-likeness (QED) is 0.451. The minimum atomic E-state index is -5.33. The van der Waals surface area contributed by atoms with E-state index >= 15 is 0 Å². The molecule has 6 nitrogen and oxygen atoms in total. The summed E-state index contributed by atoms with van der Waals surface area (Å²) in [4.78, 5) is 23.3. The van der Waals surface area contributed by atoms with Gasteiger partial charge in [0.25, 0.3) is 0 Å². The van der Waals surface area contributed by atoms with Gasteiger partial charge in [-0.3, -0.25) is 4.79 Å². The molecule has 1 atom stereocenters. The summed E-state index contributed by atoms with van der Waals surface area (Å²) in [5, 5.41) is 2.22. The van der Waals surface area contributed by atoms with Crippen LogP contribution in [0.25, 0.3) is 0 Å². The SMILES string of the molecule is NC12CC(NC(=O)C(OC(=O)C(F)(F)F)Oc3ccc(Cl)c(F)c3)(C1)C2. The van der Waals surface area contributed by atoms with Crippen molar-refractivity contribution in [1.29, 1.82) is 0 Å². The smallest absolute Gasteiger partial charge is 0.446 e. The molecule has 3 N–H and O–H groups in total. The summed E-state index contributed by atoms with van der Waals surface area (Å²) in [6.45, 7) is 0. The van der Waals surface area contributed by atoms with Crippen molar-refractivity contribution in [2.45, 2.75) is 42.8 Å². The van der Waals surface area contributed by atoms with Crippen LogP contribution in [0, 0.1) is 5.82 Å². The first-order valence-electron chi connectivity index (χ1n) is 7.42. The van der Waals surface area contributed by atoms with Gasteiger partial charge in [0.15, 0.2) is 0 Å². The molecule has 26 heavy (non-hydrogen) atoms. The van der Waals surface area contributed by atoms with Gasteiger partial charge in [0.2, 0.25) is 0 Å². The number of ether oxygens (including phenoxy) is 2. The highest BCUT2D eigenvalue weighted by Crippen LogP contribution is 2.58. The first kappa shape index (κ1) is 18.7. The number of rotatable bonds is 5. The first-order valence-corrected chi connectivity index (χ1v) is 7.80. The van der Waals surface area contributed by atoms with Crippen molar-refractivity contribution in [3.8, 4) is 5.75 Å². The molecule has 142 valence electrons. The van der Waals surface area contributed by atoms with Crippen molar-refractivity contribution in [2.75, 3.05) is 0 Å². The van der Waals surface area contributed by atoms with Gasteiger partial charge in [0, 0.05) is 17.1 Å². The topological polar surface area (TPSA) is 90.6 Å². The minimum absolute atomic E-state index is 0.257. The number of carbonyl (C=O) groups is 2. The Balaban J connectivity index is 1.73. The fourth-order valence-electron chi connectivity index (χ4n) is 3.29. The number of hydrogen-bond donors (Lipinski definition) is 2. The second-order valence-corrected chi connectivity index (χ2v) is 7.00. The fourth-order valence-corrected chi connectivity index (χ4v) is 3.41. The van der Waals surface area contributed by atoms with Gasteiger partial charge < -0.3 is 20.5 Å². The van der Waals surface area contributed by atoms with Gasteiger partial charge >= 0.3 is 24.3 Å². The number of nitrogens with one attached hydrogen (secondary N) is 1. The molecule has 1 amide bonds. The largest absolute Gasteiger partial charge is 0.491 e. The van der Waals surface area contributed by atoms with Crippen LogP contribution in [0.4, 0.5) is 17.6 Å². The lowest BCUT2D eigenvalue weighted by Gasteiger charge is -2.68. The van der Waals surface area contributed by atoms with Crippen molar-refractivity contribution in [3.05, 3.63) is 29.0 Å². The molecule has 4 rings (SSSR count). The molecule has 3 saturated carbocycles. The van der Waals surface area contributed by atoms with E-state index in [1.165, 1.54) is 0 Å². The Kier molecular flexibility index (Phi) is 4.31. The number of benzene rings is 1. The third kappa shape index (κ3) is 3.56. The molecule has 0 radical (unpaired) electrons. The van der Waals surface area contributed by atoms with Gasteiger partial charge in [0.1, 0.15) is 11.6 Å². The molecular formula is C15H13ClF4N2O4. The Morgan fingerprint density at radius 3 is 2.38 bits per heavy atom. The Labute approximate surface area is 149 Å². The number of alkyl halides is 3.